The van der Waals surface area contributed by atoms with E-state index in [-0.39, 0.29) is 11.8 Å². The van der Waals surface area contributed by atoms with Crippen LogP contribution in [-0.4, -0.2) is 22.5 Å². The smallest absolute Gasteiger partial charge is 0.321 e. The molecule has 1 aromatic carbocycles. The molecule has 17 heavy (non-hydrogen) atoms. The second-order valence-electron chi connectivity index (χ2n) is 3.63. The summed E-state index contributed by atoms with van der Waals surface area (Å²) in [4.78, 5) is 10.8. The maximum absolute atomic E-state index is 13.4. The number of alkyl halides is 1. The summed E-state index contributed by atoms with van der Waals surface area (Å²) in [5.41, 5.74) is 0.762. The van der Waals surface area contributed by atoms with Crippen LogP contribution in [0.1, 0.15) is 0 Å². The molecule has 90 valence electrons. The van der Waals surface area contributed by atoms with Gasteiger partial charge in [0, 0.05) is 18.1 Å². The van der Waals surface area contributed by atoms with Crippen molar-refractivity contribution in [1.82, 2.24) is 4.57 Å². The van der Waals surface area contributed by atoms with Crippen molar-refractivity contribution >= 4 is 32.8 Å². The van der Waals surface area contributed by atoms with Gasteiger partial charge in [-0.25, -0.2) is 4.39 Å². The first-order valence-corrected chi connectivity index (χ1v) is 6.00. The van der Waals surface area contributed by atoms with Crippen LogP contribution in [-0.2, 0) is 16.1 Å². The third kappa shape index (κ3) is 2.34. The summed E-state index contributed by atoms with van der Waals surface area (Å²) in [6.07, 6.45) is 1.75. The predicted octanol–water partition coefficient (Wildman–Crippen LogP) is 2.72. The van der Waals surface area contributed by atoms with Gasteiger partial charge in [-0.1, -0.05) is 22.0 Å². The zero-order chi connectivity index (χ0) is 12.4. The quantitative estimate of drug-likeness (QED) is 0.644. The highest BCUT2D eigenvalue weighted by molar-refractivity contribution is 9.10. The first-order chi connectivity index (χ1) is 8.13. The summed E-state index contributed by atoms with van der Waals surface area (Å²) in [6.45, 7) is 0.402. The van der Waals surface area contributed by atoms with Gasteiger partial charge in [-0.15, -0.1) is 0 Å². The Morgan fingerprint density at radius 3 is 3.00 bits per heavy atom. The number of aromatic nitrogens is 1. The van der Waals surface area contributed by atoms with Crippen LogP contribution < -0.4 is 0 Å². The minimum atomic E-state index is -0.439. The Hall–Kier alpha value is -1.36. The fraction of sp³-hybridized carbons (Fsp3) is 0.250. The minimum Gasteiger partial charge on any atom is -0.468 e. The fourth-order valence-corrected chi connectivity index (χ4v) is 2.22. The molecule has 1 aromatic heterocycles. The van der Waals surface area contributed by atoms with Crippen molar-refractivity contribution in [3.63, 3.8) is 0 Å². The second-order valence-corrected chi connectivity index (χ2v) is 4.74. The van der Waals surface area contributed by atoms with Crippen LogP contribution in [0.15, 0.2) is 30.5 Å². The van der Waals surface area contributed by atoms with Crippen molar-refractivity contribution in [2.45, 2.75) is 11.4 Å². The lowest BCUT2D eigenvalue weighted by Gasteiger charge is -2.09. The molecule has 0 aliphatic heterocycles. The Kier molecular flexibility index (Phi) is 3.47. The third-order valence-corrected chi connectivity index (χ3v) is 3.24. The van der Waals surface area contributed by atoms with Gasteiger partial charge < -0.3 is 9.30 Å². The topological polar surface area (TPSA) is 31.2 Å². The summed E-state index contributed by atoms with van der Waals surface area (Å²) in [5, 5.41) is 0.553. The van der Waals surface area contributed by atoms with E-state index in [1.54, 1.807) is 18.3 Å². The zero-order valence-corrected chi connectivity index (χ0v) is 10.8. The summed E-state index contributed by atoms with van der Waals surface area (Å²) in [5.74, 6) is -0.603. The number of carbonyl (C=O) groups is 1. The van der Waals surface area contributed by atoms with Gasteiger partial charge in [0.1, 0.15) is 10.6 Å². The van der Waals surface area contributed by atoms with E-state index < -0.39 is 4.83 Å². The van der Waals surface area contributed by atoms with E-state index in [1.807, 2.05) is 10.6 Å². The highest BCUT2D eigenvalue weighted by atomic mass is 79.9. The highest BCUT2D eigenvalue weighted by Crippen LogP contribution is 2.20. The van der Waals surface area contributed by atoms with Crippen molar-refractivity contribution in [2.75, 3.05) is 7.11 Å². The lowest BCUT2D eigenvalue weighted by molar-refractivity contribution is -0.140. The van der Waals surface area contributed by atoms with E-state index in [0.29, 0.717) is 11.9 Å². The molecular formula is C12H11BrFNO2. The van der Waals surface area contributed by atoms with E-state index in [1.165, 1.54) is 13.2 Å². The summed E-state index contributed by atoms with van der Waals surface area (Å²) in [7, 11) is 1.34. The molecule has 1 unspecified atom stereocenters. The number of nitrogens with zero attached hydrogens (tertiary/aromatic N) is 1. The van der Waals surface area contributed by atoms with Crippen molar-refractivity contribution in [3.8, 4) is 0 Å². The van der Waals surface area contributed by atoms with E-state index in [2.05, 4.69) is 20.7 Å². The molecule has 2 rings (SSSR count). The molecule has 0 aliphatic rings. The van der Waals surface area contributed by atoms with Crippen LogP contribution in [0, 0.1) is 5.82 Å². The lowest BCUT2D eigenvalue weighted by Crippen LogP contribution is -2.21. The number of ether oxygens (including phenoxy) is 1. The van der Waals surface area contributed by atoms with E-state index in [0.717, 1.165) is 5.52 Å². The molecule has 5 heteroatoms. The normalized spacial score (nSPS) is 12.6. The predicted molar refractivity (Wildman–Crippen MR) is 66.6 cm³/mol. The number of esters is 1. The van der Waals surface area contributed by atoms with Crippen LogP contribution >= 0.6 is 15.9 Å². The maximum atomic E-state index is 13.4. The Morgan fingerprint density at radius 1 is 1.53 bits per heavy atom. The number of hydrogen-bond acceptors (Lipinski definition) is 2. The lowest BCUT2D eigenvalue weighted by atomic mass is 10.2. The fourth-order valence-electron chi connectivity index (χ4n) is 1.72. The average Bonchev–Trinajstić information content (AvgIpc) is 2.73. The number of rotatable bonds is 3. The third-order valence-electron chi connectivity index (χ3n) is 2.57. The molecule has 0 fully saturated rings. The van der Waals surface area contributed by atoms with Gasteiger partial charge in [-0.3, -0.25) is 4.79 Å². The Balaban J connectivity index is 2.31. The van der Waals surface area contributed by atoms with Gasteiger partial charge in [-0.05, 0) is 18.2 Å². The van der Waals surface area contributed by atoms with Crippen LogP contribution in [0.25, 0.3) is 10.9 Å². The zero-order valence-electron chi connectivity index (χ0n) is 9.19. The molecule has 2 aromatic rings. The summed E-state index contributed by atoms with van der Waals surface area (Å²) < 4.78 is 19.9. The molecule has 1 heterocycles. The first-order valence-electron chi connectivity index (χ1n) is 5.08. The Bertz CT molecular complexity index is 552. The molecule has 0 aliphatic carbocycles. The molecule has 0 saturated heterocycles. The van der Waals surface area contributed by atoms with Gasteiger partial charge in [0.25, 0.3) is 0 Å². The maximum Gasteiger partial charge on any atom is 0.321 e. The van der Waals surface area contributed by atoms with Gasteiger partial charge in [0.15, 0.2) is 0 Å². The average molecular weight is 300 g/mol. The van der Waals surface area contributed by atoms with Crippen LogP contribution in [0.4, 0.5) is 4.39 Å². The standard InChI is InChI=1S/C12H11BrFNO2/c1-17-12(16)9(13)7-15-6-5-8-10(14)3-2-4-11(8)15/h2-6,9H,7H2,1H3. The first kappa shape index (κ1) is 12.1. The van der Waals surface area contributed by atoms with Crippen molar-refractivity contribution in [2.24, 2.45) is 0 Å². The molecule has 1 atom stereocenters. The molecule has 0 spiro atoms. The molecule has 3 nitrogen and oxygen atoms in total. The Labute approximate surface area is 106 Å². The molecule has 0 N–H and O–H groups in total. The number of fused-ring (bicyclic) bond motifs is 1. The molecule has 0 amide bonds. The van der Waals surface area contributed by atoms with E-state index >= 15 is 0 Å². The molecule has 0 radical (unpaired) electrons. The van der Waals surface area contributed by atoms with Gasteiger partial charge in [0.2, 0.25) is 0 Å². The van der Waals surface area contributed by atoms with E-state index in [9.17, 15) is 9.18 Å². The number of halogens is 2. The Morgan fingerprint density at radius 2 is 2.29 bits per heavy atom. The van der Waals surface area contributed by atoms with Crippen molar-refractivity contribution < 1.29 is 13.9 Å². The van der Waals surface area contributed by atoms with Gasteiger partial charge in [0.05, 0.1) is 12.6 Å². The number of carbonyl (C=O) groups excluding carboxylic acids is 1. The monoisotopic (exact) mass is 299 g/mol. The molecular weight excluding hydrogens is 289 g/mol. The van der Waals surface area contributed by atoms with Gasteiger partial charge in [-0.2, -0.15) is 0 Å². The van der Waals surface area contributed by atoms with Crippen LogP contribution in [0.5, 0.6) is 0 Å². The number of hydrogen-bond donors (Lipinski definition) is 0. The summed E-state index contributed by atoms with van der Waals surface area (Å²) in [6, 6.07) is 6.57. The largest absolute Gasteiger partial charge is 0.468 e. The van der Waals surface area contributed by atoms with Crippen LogP contribution in [0.3, 0.4) is 0 Å². The number of methoxy groups -OCH3 is 1. The van der Waals surface area contributed by atoms with Crippen LogP contribution in [0.2, 0.25) is 0 Å². The molecule has 0 bridgehead atoms. The minimum absolute atomic E-state index is 0.259. The van der Waals surface area contributed by atoms with Gasteiger partial charge >= 0.3 is 5.97 Å². The SMILES string of the molecule is COC(=O)C(Br)Cn1ccc2c(F)cccc21. The van der Waals surface area contributed by atoms with Crippen molar-refractivity contribution in [1.29, 1.82) is 0 Å². The molecule has 0 saturated carbocycles. The number of benzene rings is 1. The summed E-state index contributed by atoms with van der Waals surface area (Å²) >= 11 is 3.24. The highest BCUT2D eigenvalue weighted by Gasteiger charge is 2.16. The second kappa shape index (κ2) is 4.87. The van der Waals surface area contributed by atoms with E-state index in [4.69, 9.17) is 0 Å². The van der Waals surface area contributed by atoms with Crippen molar-refractivity contribution in [3.05, 3.63) is 36.3 Å².